The topological polar surface area (TPSA) is 131 Å². The highest BCUT2D eigenvalue weighted by molar-refractivity contribution is 6.07. The number of benzene rings is 1. The SMILES string of the molecule is CCOCCOC(=N)/C(=C(/OCCOCC)C(=O)Nc1ccccc1)N(CC)CCNC(=O)OC(C)(C)C. The van der Waals surface area contributed by atoms with Crippen LogP contribution < -0.4 is 10.6 Å². The molecule has 0 atom stereocenters. The summed E-state index contributed by atoms with van der Waals surface area (Å²) in [6.45, 7) is 13.6. The minimum atomic E-state index is -0.632. The summed E-state index contributed by atoms with van der Waals surface area (Å²) in [5, 5.41) is 14.2. The van der Waals surface area contributed by atoms with Crippen LogP contribution in [0.15, 0.2) is 41.8 Å². The molecule has 0 spiro atoms. The van der Waals surface area contributed by atoms with Gasteiger partial charge in [-0.2, -0.15) is 0 Å². The summed E-state index contributed by atoms with van der Waals surface area (Å²) < 4.78 is 27.5. The van der Waals surface area contributed by atoms with Crippen LogP contribution in [0.1, 0.15) is 41.5 Å². The number of carbonyl (C=O) groups is 2. The second-order valence-corrected chi connectivity index (χ2v) is 8.93. The molecule has 214 valence electrons. The van der Waals surface area contributed by atoms with E-state index in [1.165, 1.54) is 0 Å². The fourth-order valence-corrected chi connectivity index (χ4v) is 3.14. The molecule has 0 bridgehead atoms. The van der Waals surface area contributed by atoms with Crippen LogP contribution in [0.4, 0.5) is 10.5 Å². The Kier molecular flexibility index (Phi) is 15.5. The molecule has 0 fully saturated rings. The third-order valence-corrected chi connectivity index (χ3v) is 4.77. The van der Waals surface area contributed by atoms with E-state index >= 15 is 0 Å². The van der Waals surface area contributed by atoms with E-state index in [2.05, 4.69) is 10.6 Å². The Balaban J connectivity index is 3.27. The van der Waals surface area contributed by atoms with Gasteiger partial charge in [-0.3, -0.25) is 10.2 Å². The fraction of sp³-hybridized carbons (Fsp3) is 0.593. The summed E-state index contributed by atoms with van der Waals surface area (Å²) >= 11 is 0. The van der Waals surface area contributed by atoms with Gasteiger partial charge >= 0.3 is 6.09 Å². The van der Waals surface area contributed by atoms with Gasteiger partial charge < -0.3 is 39.2 Å². The molecule has 1 aromatic carbocycles. The van der Waals surface area contributed by atoms with Crippen molar-refractivity contribution in [1.82, 2.24) is 10.2 Å². The maximum atomic E-state index is 13.4. The van der Waals surface area contributed by atoms with Crippen molar-refractivity contribution < 1.29 is 33.3 Å². The summed E-state index contributed by atoms with van der Waals surface area (Å²) in [6.07, 6.45) is -0.558. The fourth-order valence-electron chi connectivity index (χ4n) is 3.14. The minimum Gasteiger partial charge on any atom is -0.484 e. The first-order valence-electron chi connectivity index (χ1n) is 12.9. The first kappa shape index (κ1) is 32.7. The molecule has 0 heterocycles. The Morgan fingerprint density at radius 1 is 0.921 bits per heavy atom. The van der Waals surface area contributed by atoms with Crippen molar-refractivity contribution in [2.45, 2.75) is 47.1 Å². The van der Waals surface area contributed by atoms with Gasteiger partial charge in [0, 0.05) is 38.5 Å². The molecule has 0 unspecified atom stereocenters. The van der Waals surface area contributed by atoms with Gasteiger partial charge in [0.1, 0.15) is 24.5 Å². The second-order valence-electron chi connectivity index (χ2n) is 8.93. The average molecular weight is 537 g/mol. The molecule has 11 nitrogen and oxygen atoms in total. The first-order valence-corrected chi connectivity index (χ1v) is 12.9. The van der Waals surface area contributed by atoms with Crippen LogP contribution in [0.25, 0.3) is 0 Å². The molecule has 0 aromatic heterocycles. The number of para-hydroxylation sites is 1. The lowest BCUT2D eigenvalue weighted by Gasteiger charge is -2.28. The molecule has 11 heteroatoms. The van der Waals surface area contributed by atoms with E-state index in [0.717, 1.165) is 0 Å². The number of alkyl carbamates (subject to hydrolysis) is 1. The Hall–Kier alpha value is -3.31. The Bertz CT molecular complexity index is 885. The first-order chi connectivity index (χ1) is 18.1. The van der Waals surface area contributed by atoms with Gasteiger partial charge in [-0.1, -0.05) is 18.2 Å². The van der Waals surface area contributed by atoms with Crippen LogP contribution in [-0.4, -0.2) is 87.7 Å². The van der Waals surface area contributed by atoms with Gasteiger partial charge in [0.2, 0.25) is 11.7 Å². The van der Waals surface area contributed by atoms with Crippen molar-refractivity contribution in [3.8, 4) is 0 Å². The summed E-state index contributed by atoms with van der Waals surface area (Å²) in [5.74, 6) is -0.882. The molecule has 38 heavy (non-hydrogen) atoms. The maximum absolute atomic E-state index is 13.4. The molecule has 0 saturated carbocycles. The van der Waals surface area contributed by atoms with Crippen LogP contribution in [0.5, 0.6) is 0 Å². The van der Waals surface area contributed by atoms with Crippen LogP contribution in [0, 0.1) is 5.41 Å². The third kappa shape index (κ3) is 13.3. The molecule has 1 rings (SSSR count). The summed E-state index contributed by atoms with van der Waals surface area (Å²) in [5.41, 5.74) is 0.0915. The lowest BCUT2D eigenvalue weighted by Crippen LogP contribution is -2.40. The number of hydrogen-bond donors (Lipinski definition) is 3. The molecule has 0 aliphatic carbocycles. The quantitative estimate of drug-likeness (QED) is 0.0902. The van der Waals surface area contributed by atoms with Crippen molar-refractivity contribution in [1.29, 1.82) is 5.41 Å². The van der Waals surface area contributed by atoms with E-state index in [0.29, 0.717) is 25.4 Å². The Morgan fingerprint density at radius 3 is 2.08 bits per heavy atom. The monoisotopic (exact) mass is 536 g/mol. The zero-order valence-electron chi connectivity index (χ0n) is 23.6. The molecular weight excluding hydrogens is 492 g/mol. The van der Waals surface area contributed by atoms with E-state index in [1.807, 2.05) is 26.8 Å². The molecule has 2 amide bonds. The van der Waals surface area contributed by atoms with Crippen molar-refractivity contribution in [3.63, 3.8) is 0 Å². The zero-order chi connectivity index (χ0) is 28.4. The van der Waals surface area contributed by atoms with Crippen molar-refractivity contribution in [2.24, 2.45) is 0 Å². The van der Waals surface area contributed by atoms with Crippen molar-refractivity contribution >= 4 is 23.6 Å². The standard InChI is InChI=1S/C27H44N4O7/c1-7-31(16-15-29-26(33)38-27(4,5)6)22(24(28)37-20-18-35-9-3)23(36-19-17-34-8-2)25(32)30-21-13-11-10-12-14-21/h10-14,28H,7-9,15-20H2,1-6H3,(H,29,33)(H,30,32)/b23-22-,28-24?. The number of hydrogen-bond acceptors (Lipinski definition) is 9. The van der Waals surface area contributed by atoms with Gasteiger partial charge in [0.15, 0.2) is 0 Å². The van der Waals surface area contributed by atoms with E-state index < -0.39 is 17.6 Å². The smallest absolute Gasteiger partial charge is 0.407 e. The maximum Gasteiger partial charge on any atom is 0.407 e. The summed E-state index contributed by atoms with van der Waals surface area (Å²) in [4.78, 5) is 27.3. The third-order valence-electron chi connectivity index (χ3n) is 4.77. The summed E-state index contributed by atoms with van der Waals surface area (Å²) in [7, 11) is 0. The number of likely N-dealkylation sites (N-methyl/N-ethyl adjacent to an activating group) is 1. The molecule has 0 saturated heterocycles. The number of anilines is 1. The van der Waals surface area contributed by atoms with Gasteiger partial charge in [-0.25, -0.2) is 4.79 Å². The number of nitrogens with one attached hydrogen (secondary N) is 3. The van der Waals surface area contributed by atoms with Gasteiger partial charge in [0.05, 0.1) is 13.2 Å². The van der Waals surface area contributed by atoms with Gasteiger partial charge in [-0.05, 0) is 53.7 Å². The molecule has 0 aliphatic rings. The molecule has 0 aliphatic heterocycles. The Labute approximate surface area is 226 Å². The van der Waals surface area contributed by atoms with Crippen LogP contribution in [0.3, 0.4) is 0 Å². The second kappa shape index (κ2) is 18.0. The number of amides is 2. The van der Waals surface area contributed by atoms with Gasteiger partial charge in [0.25, 0.3) is 5.91 Å². The lowest BCUT2D eigenvalue weighted by atomic mass is 10.2. The average Bonchev–Trinajstić information content (AvgIpc) is 2.86. The van der Waals surface area contributed by atoms with E-state index in [-0.39, 0.29) is 56.9 Å². The number of ether oxygens (including phenoxy) is 5. The summed E-state index contributed by atoms with van der Waals surface area (Å²) in [6, 6.07) is 8.95. The van der Waals surface area contributed by atoms with Crippen molar-refractivity contribution in [3.05, 3.63) is 41.8 Å². The number of carbonyl (C=O) groups excluding carboxylic acids is 2. The Morgan fingerprint density at radius 2 is 1.53 bits per heavy atom. The molecule has 0 radical (unpaired) electrons. The lowest BCUT2D eigenvalue weighted by molar-refractivity contribution is -0.116. The predicted octanol–water partition coefficient (Wildman–Crippen LogP) is 3.77. The zero-order valence-corrected chi connectivity index (χ0v) is 23.6. The van der Waals surface area contributed by atoms with E-state index in [4.69, 9.17) is 29.1 Å². The predicted molar refractivity (Wildman–Crippen MR) is 146 cm³/mol. The van der Waals surface area contributed by atoms with Crippen LogP contribution in [0.2, 0.25) is 0 Å². The van der Waals surface area contributed by atoms with Gasteiger partial charge in [-0.15, -0.1) is 0 Å². The van der Waals surface area contributed by atoms with E-state index in [1.54, 1.807) is 49.9 Å². The van der Waals surface area contributed by atoms with Crippen LogP contribution >= 0.6 is 0 Å². The minimum absolute atomic E-state index is 0.0888. The number of nitrogens with zero attached hydrogens (tertiary/aromatic N) is 1. The van der Waals surface area contributed by atoms with Crippen LogP contribution in [-0.2, 0) is 28.5 Å². The van der Waals surface area contributed by atoms with Crippen molar-refractivity contribution in [2.75, 3.05) is 64.6 Å². The van der Waals surface area contributed by atoms with E-state index in [9.17, 15) is 9.59 Å². The molecule has 1 aromatic rings. The molecule has 3 N–H and O–H groups in total. The highest BCUT2D eigenvalue weighted by Gasteiger charge is 2.27. The highest BCUT2D eigenvalue weighted by Crippen LogP contribution is 2.18. The largest absolute Gasteiger partial charge is 0.484 e. The normalized spacial score (nSPS) is 11.7. The number of rotatable bonds is 17. The molecular formula is C27H44N4O7. The highest BCUT2D eigenvalue weighted by atomic mass is 16.6.